The van der Waals surface area contributed by atoms with E-state index in [0.29, 0.717) is 34.3 Å². The molecule has 0 radical (unpaired) electrons. The Morgan fingerprint density at radius 2 is 1.88 bits per heavy atom. The molecule has 1 aliphatic heterocycles. The van der Waals surface area contributed by atoms with Gasteiger partial charge in [-0.05, 0) is 73.7 Å². The van der Waals surface area contributed by atoms with Crippen molar-refractivity contribution in [2.75, 3.05) is 12.0 Å². The Kier molecular flexibility index (Phi) is 5.76. The van der Waals surface area contributed by atoms with Crippen LogP contribution < -0.4 is 9.64 Å². The fraction of sp³-hybridized carbons (Fsp3) is 0.280. The number of aliphatic imine (C=N–C) groups is 1. The topological polar surface area (TPSA) is 80.8 Å². The molecule has 0 atom stereocenters. The largest absolute Gasteiger partial charge is 0.497 e. The standard InChI is InChI=1S/C25H24N4O3S/c1-15-10-16(2)12-19(11-15)29-24(30)21(13-17-4-8-20(31-3)9-5-17)26-25(29)33-14-22-27-23(32-28-22)18-6-7-18/h4-5,8-13,18H,6-7,14H2,1-3H3/b21-13-. The summed E-state index contributed by atoms with van der Waals surface area (Å²) < 4.78 is 10.6. The average Bonchev–Trinajstić information content (AvgIpc) is 3.46. The van der Waals surface area contributed by atoms with Crippen molar-refractivity contribution in [3.8, 4) is 5.75 Å². The van der Waals surface area contributed by atoms with Gasteiger partial charge in [-0.2, -0.15) is 4.98 Å². The van der Waals surface area contributed by atoms with Crippen LogP contribution in [0.2, 0.25) is 0 Å². The highest BCUT2D eigenvalue weighted by molar-refractivity contribution is 8.13. The molecule has 2 heterocycles. The molecule has 1 aliphatic carbocycles. The maximum absolute atomic E-state index is 13.4. The van der Waals surface area contributed by atoms with Crippen LogP contribution in [0.5, 0.6) is 5.75 Å². The first-order valence-corrected chi connectivity index (χ1v) is 11.8. The summed E-state index contributed by atoms with van der Waals surface area (Å²) in [5.74, 6) is 2.81. The van der Waals surface area contributed by atoms with E-state index in [2.05, 4.69) is 16.2 Å². The molecule has 0 N–H and O–H groups in total. The van der Waals surface area contributed by atoms with Crippen LogP contribution in [0, 0.1) is 13.8 Å². The van der Waals surface area contributed by atoms with Crippen LogP contribution in [0.4, 0.5) is 5.69 Å². The predicted octanol–water partition coefficient (Wildman–Crippen LogP) is 5.25. The Morgan fingerprint density at radius 3 is 2.55 bits per heavy atom. The molecule has 8 heteroatoms. The van der Waals surface area contributed by atoms with Crippen LogP contribution in [-0.4, -0.2) is 28.3 Å². The van der Waals surface area contributed by atoms with E-state index in [9.17, 15) is 4.79 Å². The Bertz CT molecular complexity index is 1240. The second kappa shape index (κ2) is 8.86. The normalized spacial score (nSPS) is 17.1. The quantitative estimate of drug-likeness (QED) is 0.468. The van der Waals surface area contributed by atoms with Gasteiger partial charge < -0.3 is 9.26 Å². The van der Waals surface area contributed by atoms with Gasteiger partial charge in [-0.15, -0.1) is 0 Å². The fourth-order valence-corrected chi connectivity index (χ4v) is 4.57. The third-order valence-corrected chi connectivity index (χ3v) is 6.39. The summed E-state index contributed by atoms with van der Waals surface area (Å²) >= 11 is 1.43. The van der Waals surface area contributed by atoms with Gasteiger partial charge in [0.25, 0.3) is 5.91 Å². The van der Waals surface area contributed by atoms with Gasteiger partial charge in [0.1, 0.15) is 11.4 Å². The van der Waals surface area contributed by atoms with Crippen LogP contribution in [-0.2, 0) is 10.5 Å². The molecule has 0 saturated heterocycles. The molecule has 33 heavy (non-hydrogen) atoms. The van der Waals surface area contributed by atoms with E-state index in [4.69, 9.17) is 14.3 Å². The van der Waals surface area contributed by atoms with Crippen molar-refractivity contribution < 1.29 is 14.1 Å². The van der Waals surface area contributed by atoms with Crippen molar-refractivity contribution in [2.45, 2.75) is 38.4 Å². The lowest BCUT2D eigenvalue weighted by atomic mass is 10.1. The third kappa shape index (κ3) is 4.71. The number of ether oxygens (including phenoxy) is 1. The molecule has 168 valence electrons. The van der Waals surface area contributed by atoms with E-state index in [1.54, 1.807) is 18.1 Å². The maximum Gasteiger partial charge on any atom is 0.283 e. The predicted molar refractivity (Wildman–Crippen MR) is 129 cm³/mol. The van der Waals surface area contributed by atoms with E-state index in [1.165, 1.54) is 11.8 Å². The van der Waals surface area contributed by atoms with Gasteiger partial charge in [-0.25, -0.2) is 4.99 Å². The molecular weight excluding hydrogens is 436 g/mol. The molecular formula is C25H24N4O3S. The zero-order valence-corrected chi connectivity index (χ0v) is 19.6. The number of carbonyl (C=O) groups is 1. The molecule has 3 aromatic rings. The van der Waals surface area contributed by atoms with Crippen molar-refractivity contribution in [1.82, 2.24) is 10.1 Å². The molecule has 7 nitrogen and oxygen atoms in total. The molecule has 1 fully saturated rings. The number of aromatic nitrogens is 2. The number of thioether (sulfide) groups is 1. The Morgan fingerprint density at radius 1 is 1.15 bits per heavy atom. The van der Waals surface area contributed by atoms with Gasteiger partial charge in [-0.1, -0.05) is 35.1 Å². The number of carbonyl (C=O) groups excluding carboxylic acids is 1. The smallest absolute Gasteiger partial charge is 0.283 e. The molecule has 2 aromatic carbocycles. The van der Waals surface area contributed by atoms with Gasteiger partial charge in [-0.3, -0.25) is 9.69 Å². The summed E-state index contributed by atoms with van der Waals surface area (Å²) in [6.45, 7) is 4.04. The zero-order chi connectivity index (χ0) is 22.9. The molecule has 1 aromatic heterocycles. The summed E-state index contributed by atoms with van der Waals surface area (Å²) in [6, 6.07) is 13.6. The van der Waals surface area contributed by atoms with E-state index in [0.717, 1.165) is 41.0 Å². The summed E-state index contributed by atoms with van der Waals surface area (Å²) in [7, 11) is 1.63. The van der Waals surface area contributed by atoms with Crippen molar-refractivity contribution in [1.29, 1.82) is 0 Å². The maximum atomic E-state index is 13.4. The first-order chi connectivity index (χ1) is 16.0. The van der Waals surface area contributed by atoms with E-state index in [-0.39, 0.29) is 5.91 Å². The lowest BCUT2D eigenvalue weighted by Gasteiger charge is -2.18. The number of hydrogen-bond donors (Lipinski definition) is 0. The number of rotatable bonds is 6. The van der Waals surface area contributed by atoms with Crippen LogP contribution in [0.25, 0.3) is 6.08 Å². The van der Waals surface area contributed by atoms with Gasteiger partial charge in [0, 0.05) is 5.92 Å². The first-order valence-electron chi connectivity index (χ1n) is 10.8. The second-order valence-electron chi connectivity index (χ2n) is 8.30. The first kappa shape index (κ1) is 21.5. The van der Waals surface area contributed by atoms with Crippen LogP contribution in [0.15, 0.2) is 57.7 Å². The number of anilines is 1. The number of hydrogen-bond acceptors (Lipinski definition) is 7. The highest BCUT2D eigenvalue weighted by Gasteiger charge is 2.33. The number of benzene rings is 2. The fourth-order valence-electron chi connectivity index (χ4n) is 3.71. The summed E-state index contributed by atoms with van der Waals surface area (Å²) in [5.41, 5.74) is 4.23. The minimum Gasteiger partial charge on any atom is -0.497 e. The molecule has 0 spiro atoms. The van der Waals surface area contributed by atoms with Gasteiger partial charge in [0.15, 0.2) is 11.0 Å². The highest BCUT2D eigenvalue weighted by Crippen LogP contribution is 2.39. The number of amides is 1. The van der Waals surface area contributed by atoms with Gasteiger partial charge in [0.05, 0.1) is 18.6 Å². The molecule has 0 bridgehead atoms. The van der Waals surface area contributed by atoms with Crippen LogP contribution in [0.1, 0.15) is 47.2 Å². The number of nitrogens with zero attached hydrogens (tertiary/aromatic N) is 4. The number of methoxy groups -OCH3 is 1. The van der Waals surface area contributed by atoms with Gasteiger partial charge in [0.2, 0.25) is 5.89 Å². The minimum absolute atomic E-state index is 0.162. The minimum atomic E-state index is -0.162. The molecule has 2 aliphatic rings. The molecule has 0 unspecified atom stereocenters. The van der Waals surface area contributed by atoms with E-state index >= 15 is 0 Å². The molecule has 1 amide bonds. The highest BCUT2D eigenvalue weighted by atomic mass is 32.2. The number of aryl methyl sites for hydroxylation is 2. The Labute approximate surface area is 196 Å². The average molecular weight is 461 g/mol. The Balaban J connectivity index is 1.44. The molecule has 5 rings (SSSR count). The summed E-state index contributed by atoms with van der Waals surface area (Å²) in [4.78, 5) is 24.3. The van der Waals surface area contributed by atoms with Gasteiger partial charge >= 0.3 is 0 Å². The van der Waals surface area contributed by atoms with Crippen LogP contribution in [0.3, 0.4) is 0 Å². The lowest BCUT2D eigenvalue weighted by Crippen LogP contribution is -2.30. The third-order valence-electron chi connectivity index (χ3n) is 5.45. The van der Waals surface area contributed by atoms with E-state index < -0.39 is 0 Å². The summed E-state index contributed by atoms with van der Waals surface area (Å²) in [5, 5.41) is 4.69. The second-order valence-corrected chi connectivity index (χ2v) is 9.24. The van der Waals surface area contributed by atoms with Crippen molar-refractivity contribution in [3.63, 3.8) is 0 Å². The monoisotopic (exact) mass is 460 g/mol. The number of amidine groups is 1. The van der Waals surface area contributed by atoms with Crippen molar-refractivity contribution in [3.05, 3.63) is 76.6 Å². The SMILES string of the molecule is COc1ccc(/C=C2\N=C(SCc3noc(C4CC4)n3)N(c3cc(C)cc(C)c3)C2=O)cc1. The van der Waals surface area contributed by atoms with Crippen molar-refractivity contribution >= 4 is 34.6 Å². The zero-order valence-electron chi connectivity index (χ0n) is 18.7. The van der Waals surface area contributed by atoms with E-state index in [1.807, 2.05) is 50.2 Å². The molecule has 1 saturated carbocycles. The lowest BCUT2D eigenvalue weighted by molar-refractivity contribution is -0.113. The summed E-state index contributed by atoms with van der Waals surface area (Å²) in [6.07, 6.45) is 4.01. The van der Waals surface area contributed by atoms with Crippen molar-refractivity contribution in [2.24, 2.45) is 4.99 Å². The van der Waals surface area contributed by atoms with Crippen LogP contribution >= 0.6 is 11.8 Å². The Hall–Kier alpha value is -3.39.